The smallest absolute Gasteiger partial charge is 0.319 e. The van der Waals surface area contributed by atoms with E-state index in [0.717, 1.165) is 0 Å². The lowest BCUT2D eigenvalue weighted by atomic mass is 9.97. The van der Waals surface area contributed by atoms with Crippen LogP contribution in [0.1, 0.15) is 13.3 Å². The lowest BCUT2D eigenvalue weighted by molar-refractivity contribution is -0.0241. The fourth-order valence-corrected chi connectivity index (χ4v) is 2.15. The van der Waals surface area contributed by atoms with Crippen LogP contribution in [-0.2, 0) is 4.74 Å². The standard InChI is InChI=1S/C14H20N2O4/c1-10-14(18,7-8-20-10)9-15-13(17)16-11-5-3-4-6-12(11)19-2/h3-6,10,18H,7-9H2,1-2H3,(H2,15,16,17). The Bertz CT molecular complexity index is 480. The van der Waals surface area contributed by atoms with Crippen molar-refractivity contribution in [2.45, 2.75) is 25.0 Å². The van der Waals surface area contributed by atoms with Crippen molar-refractivity contribution in [3.8, 4) is 5.75 Å². The molecule has 1 aliphatic rings. The molecular weight excluding hydrogens is 260 g/mol. The van der Waals surface area contributed by atoms with Crippen LogP contribution in [0, 0.1) is 0 Å². The molecule has 0 aromatic heterocycles. The van der Waals surface area contributed by atoms with Crippen molar-refractivity contribution in [3.63, 3.8) is 0 Å². The van der Waals surface area contributed by atoms with E-state index in [0.29, 0.717) is 24.5 Å². The zero-order chi connectivity index (χ0) is 14.6. The number of hydrogen-bond donors (Lipinski definition) is 3. The van der Waals surface area contributed by atoms with Crippen LogP contribution < -0.4 is 15.4 Å². The molecule has 1 saturated heterocycles. The van der Waals surface area contributed by atoms with Gasteiger partial charge in [0.25, 0.3) is 0 Å². The average Bonchev–Trinajstić information content (AvgIpc) is 2.78. The lowest BCUT2D eigenvalue weighted by Crippen LogP contribution is -2.48. The normalized spacial score (nSPS) is 25.2. The number of methoxy groups -OCH3 is 1. The van der Waals surface area contributed by atoms with E-state index in [9.17, 15) is 9.90 Å². The minimum atomic E-state index is -1.00. The number of aliphatic hydroxyl groups is 1. The molecule has 2 amide bonds. The summed E-state index contributed by atoms with van der Waals surface area (Å²) >= 11 is 0. The van der Waals surface area contributed by atoms with Gasteiger partial charge in [0.15, 0.2) is 0 Å². The van der Waals surface area contributed by atoms with Crippen LogP contribution in [0.5, 0.6) is 5.75 Å². The van der Waals surface area contributed by atoms with Crippen LogP contribution in [0.15, 0.2) is 24.3 Å². The van der Waals surface area contributed by atoms with Gasteiger partial charge in [0.05, 0.1) is 25.4 Å². The van der Waals surface area contributed by atoms with Gasteiger partial charge in [-0.1, -0.05) is 12.1 Å². The number of anilines is 1. The van der Waals surface area contributed by atoms with Crippen molar-refractivity contribution in [3.05, 3.63) is 24.3 Å². The highest BCUT2D eigenvalue weighted by molar-refractivity contribution is 5.90. The molecule has 2 rings (SSSR count). The topological polar surface area (TPSA) is 79.8 Å². The molecule has 1 aliphatic heterocycles. The fourth-order valence-electron chi connectivity index (χ4n) is 2.15. The molecule has 0 radical (unpaired) electrons. The highest BCUT2D eigenvalue weighted by Gasteiger charge is 2.39. The van der Waals surface area contributed by atoms with Gasteiger partial charge >= 0.3 is 6.03 Å². The SMILES string of the molecule is COc1ccccc1NC(=O)NCC1(O)CCOC1C. The van der Waals surface area contributed by atoms with Gasteiger partial charge < -0.3 is 25.2 Å². The van der Waals surface area contributed by atoms with Gasteiger partial charge in [-0.25, -0.2) is 4.79 Å². The van der Waals surface area contributed by atoms with Crippen molar-refractivity contribution >= 4 is 11.7 Å². The number of para-hydroxylation sites is 2. The summed E-state index contributed by atoms with van der Waals surface area (Å²) in [5.74, 6) is 0.582. The van der Waals surface area contributed by atoms with Crippen LogP contribution >= 0.6 is 0 Å². The minimum absolute atomic E-state index is 0.148. The lowest BCUT2D eigenvalue weighted by Gasteiger charge is -2.26. The maximum Gasteiger partial charge on any atom is 0.319 e. The molecular formula is C14H20N2O4. The van der Waals surface area contributed by atoms with Crippen molar-refractivity contribution in [2.24, 2.45) is 0 Å². The summed E-state index contributed by atoms with van der Waals surface area (Å²) in [6.07, 6.45) is 0.234. The second-order valence-electron chi connectivity index (χ2n) is 4.87. The van der Waals surface area contributed by atoms with E-state index in [1.54, 1.807) is 32.2 Å². The molecule has 110 valence electrons. The summed E-state index contributed by atoms with van der Waals surface area (Å²) in [6, 6.07) is 6.74. The first kappa shape index (κ1) is 14.6. The molecule has 0 spiro atoms. The Labute approximate surface area is 118 Å². The summed E-state index contributed by atoms with van der Waals surface area (Å²) in [4.78, 5) is 11.9. The first-order valence-electron chi connectivity index (χ1n) is 6.57. The average molecular weight is 280 g/mol. The van der Waals surface area contributed by atoms with Crippen LogP contribution in [0.25, 0.3) is 0 Å². The third-order valence-electron chi connectivity index (χ3n) is 3.57. The molecule has 6 nitrogen and oxygen atoms in total. The molecule has 1 aromatic carbocycles. The monoisotopic (exact) mass is 280 g/mol. The van der Waals surface area contributed by atoms with E-state index in [2.05, 4.69) is 10.6 Å². The Hall–Kier alpha value is -1.79. The Morgan fingerprint density at radius 1 is 1.55 bits per heavy atom. The zero-order valence-corrected chi connectivity index (χ0v) is 11.7. The Kier molecular flexibility index (Phi) is 4.46. The molecule has 0 aliphatic carbocycles. The molecule has 1 heterocycles. The second-order valence-corrected chi connectivity index (χ2v) is 4.87. The highest BCUT2D eigenvalue weighted by atomic mass is 16.5. The van der Waals surface area contributed by atoms with Crippen LogP contribution in [-0.4, -0.2) is 43.1 Å². The Morgan fingerprint density at radius 3 is 2.95 bits per heavy atom. The first-order valence-corrected chi connectivity index (χ1v) is 6.57. The Balaban J connectivity index is 1.90. The number of hydrogen-bond acceptors (Lipinski definition) is 4. The molecule has 6 heteroatoms. The van der Waals surface area contributed by atoms with Gasteiger partial charge in [0, 0.05) is 13.0 Å². The third kappa shape index (κ3) is 3.20. The van der Waals surface area contributed by atoms with Gasteiger partial charge in [-0.15, -0.1) is 0 Å². The maximum atomic E-state index is 11.9. The summed E-state index contributed by atoms with van der Waals surface area (Å²) < 4.78 is 10.5. The van der Waals surface area contributed by atoms with E-state index >= 15 is 0 Å². The zero-order valence-electron chi connectivity index (χ0n) is 11.7. The largest absolute Gasteiger partial charge is 0.495 e. The van der Waals surface area contributed by atoms with Gasteiger partial charge in [-0.2, -0.15) is 0 Å². The summed E-state index contributed by atoms with van der Waals surface area (Å²) in [7, 11) is 1.54. The summed E-state index contributed by atoms with van der Waals surface area (Å²) in [6.45, 7) is 2.45. The number of urea groups is 1. The van der Waals surface area contributed by atoms with Crippen LogP contribution in [0.3, 0.4) is 0 Å². The van der Waals surface area contributed by atoms with E-state index in [4.69, 9.17) is 9.47 Å². The van der Waals surface area contributed by atoms with Crippen molar-refractivity contribution < 1.29 is 19.4 Å². The molecule has 2 atom stereocenters. The number of ether oxygens (including phenoxy) is 2. The second kappa shape index (κ2) is 6.11. The first-order chi connectivity index (χ1) is 9.55. The summed E-state index contributed by atoms with van der Waals surface area (Å²) in [5, 5.41) is 15.6. The van der Waals surface area contributed by atoms with Crippen molar-refractivity contribution in [1.29, 1.82) is 0 Å². The van der Waals surface area contributed by atoms with E-state index in [1.807, 2.05) is 6.07 Å². The van der Waals surface area contributed by atoms with Gasteiger partial charge in [0.2, 0.25) is 0 Å². The van der Waals surface area contributed by atoms with Crippen LogP contribution in [0.2, 0.25) is 0 Å². The fraction of sp³-hybridized carbons (Fsp3) is 0.500. The number of benzene rings is 1. The molecule has 1 fully saturated rings. The quantitative estimate of drug-likeness (QED) is 0.778. The predicted octanol–water partition coefficient (Wildman–Crippen LogP) is 1.36. The maximum absolute atomic E-state index is 11.9. The number of rotatable bonds is 4. The molecule has 3 N–H and O–H groups in total. The van der Waals surface area contributed by atoms with E-state index in [-0.39, 0.29) is 18.7 Å². The molecule has 0 saturated carbocycles. The molecule has 2 unspecified atom stereocenters. The van der Waals surface area contributed by atoms with Crippen molar-refractivity contribution in [2.75, 3.05) is 25.6 Å². The highest BCUT2D eigenvalue weighted by Crippen LogP contribution is 2.25. The number of carbonyl (C=O) groups excluding carboxylic acids is 1. The number of amides is 2. The Morgan fingerprint density at radius 2 is 2.30 bits per heavy atom. The molecule has 0 bridgehead atoms. The van der Waals surface area contributed by atoms with E-state index in [1.165, 1.54) is 0 Å². The van der Waals surface area contributed by atoms with Gasteiger partial charge in [-0.05, 0) is 19.1 Å². The van der Waals surface area contributed by atoms with Crippen molar-refractivity contribution in [1.82, 2.24) is 5.32 Å². The third-order valence-corrected chi connectivity index (χ3v) is 3.57. The van der Waals surface area contributed by atoms with Gasteiger partial charge in [-0.3, -0.25) is 0 Å². The van der Waals surface area contributed by atoms with E-state index < -0.39 is 5.60 Å². The summed E-state index contributed by atoms with van der Waals surface area (Å²) in [5.41, 5.74) is -0.423. The van der Waals surface area contributed by atoms with Gasteiger partial charge in [0.1, 0.15) is 11.4 Å². The molecule has 1 aromatic rings. The minimum Gasteiger partial charge on any atom is -0.495 e. The number of carbonyl (C=O) groups is 1. The molecule has 20 heavy (non-hydrogen) atoms. The predicted molar refractivity (Wildman–Crippen MR) is 75.0 cm³/mol. The number of nitrogens with one attached hydrogen (secondary N) is 2. The van der Waals surface area contributed by atoms with Crippen LogP contribution in [0.4, 0.5) is 10.5 Å².